The van der Waals surface area contributed by atoms with E-state index in [-0.39, 0.29) is 17.9 Å². The van der Waals surface area contributed by atoms with Crippen molar-refractivity contribution in [2.24, 2.45) is 5.73 Å². The molecule has 0 aliphatic carbocycles. The van der Waals surface area contributed by atoms with Gasteiger partial charge < -0.3 is 19.9 Å². The van der Waals surface area contributed by atoms with Crippen molar-refractivity contribution in [2.45, 2.75) is 19.1 Å². The fraction of sp³-hybridized carbons (Fsp3) is 0.417. The van der Waals surface area contributed by atoms with Crippen LogP contribution in [0.25, 0.3) is 0 Å². The van der Waals surface area contributed by atoms with Crippen molar-refractivity contribution >= 4 is 5.97 Å². The number of hydrogen-bond donors (Lipinski definition) is 1. The lowest BCUT2D eigenvalue weighted by molar-refractivity contribution is -0.142. The van der Waals surface area contributed by atoms with Crippen molar-refractivity contribution in [3.05, 3.63) is 23.8 Å². The van der Waals surface area contributed by atoms with Gasteiger partial charge in [-0.1, -0.05) is 6.07 Å². The molecule has 1 unspecified atom stereocenters. The number of benzene rings is 1. The molecule has 0 radical (unpaired) electrons. The minimum Gasteiger partial charge on any atom is -0.493 e. The molecule has 0 aliphatic heterocycles. The van der Waals surface area contributed by atoms with Crippen LogP contribution in [0.3, 0.4) is 0 Å². The standard InChI is InChI=1S/C12H15F2NO4/c1-17-10-6-7(5-8(15)11(16)18-2)3-4-9(10)19-12(13)14/h3-4,6,8,12H,5,15H2,1-2H3. The van der Waals surface area contributed by atoms with E-state index < -0.39 is 18.6 Å². The second-order valence-corrected chi connectivity index (χ2v) is 3.70. The van der Waals surface area contributed by atoms with E-state index in [1.807, 2.05) is 0 Å². The van der Waals surface area contributed by atoms with Gasteiger partial charge in [0.05, 0.1) is 14.2 Å². The number of ether oxygens (including phenoxy) is 3. The van der Waals surface area contributed by atoms with Crippen LogP contribution in [0.5, 0.6) is 11.5 Å². The Morgan fingerprint density at radius 2 is 2.00 bits per heavy atom. The quantitative estimate of drug-likeness (QED) is 0.793. The van der Waals surface area contributed by atoms with Gasteiger partial charge in [-0.3, -0.25) is 4.79 Å². The van der Waals surface area contributed by atoms with E-state index in [0.717, 1.165) is 0 Å². The van der Waals surface area contributed by atoms with E-state index >= 15 is 0 Å². The van der Waals surface area contributed by atoms with Crippen LogP contribution in [0, 0.1) is 0 Å². The average molecular weight is 275 g/mol. The Hall–Kier alpha value is -1.89. The lowest BCUT2D eigenvalue weighted by atomic mass is 10.1. The maximum Gasteiger partial charge on any atom is 0.387 e. The molecule has 0 saturated heterocycles. The summed E-state index contributed by atoms with van der Waals surface area (Å²) in [6, 6.07) is 3.53. The third-order valence-corrected chi connectivity index (χ3v) is 2.40. The SMILES string of the molecule is COC(=O)C(N)Cc1ccc(OC(F)F)c(OC)c1. The normalized spacial score (nSPS) is 12.1. The highest BCUT2D eigenvalue weighted by Crippen LogP contribution is 2.29. The molecule has 2 N–H and O–H groups in total. The zero-order valence-corrected chi connectivity index (χ0v) is 10.6. The van der Waals surface area contributed by atoms with E-state index in [4.69, 9.17) is 10.5 Å². The Morgan fingerprint density at radius 3 is 2.53 bits per heavy atom. The summed E-state index contributed by atoms with van der Waals surface area (Å²) in [6.45, 7) is -2.93. The number of carbonyl (C=O) groups excluding carboxylic acids is 1. The van der Waals surface area contributed by atoms with E-state index in [9.17, 15) is 13.6 Å². The summed E-state index contributed by atoms with van der Waals surface area (Å²) in [5, 5.41) is 0. The van der Waals surface area contributed by atoms with Crippen molar-refractivity contribution in [3.8, 4) is 11.5 Å². The van der Waals surface area contributed by atoms with Gasteiger partial charge in [0.1, 0.15) is 6.04 Å². The molecule has 1 aromatic carbocycles. The summed E-state index contributed by atoms with van der Waals surface area (Å²) >= 11 is 0. The summed E-state index contributed by atoms with van der Waals surface area (Å²) < 4.78 is 38.0. The second kappa shape index (κ2) is 6.89. The van der Waals surface area contributed by atoms with Crippen LogP contribution >= 0.6 is 0 Å². The van der Waals surface area contributed by atoms with E-state index in [2.05, 4.69) is 9.47 Å². The predicted octanol–water partition coefficient (Wildman–Crippen LogP) is 1.34. The molecule has 5 nitrogen and oxygen atoms in total. The van der Waals surface area contributed by atoms with Crippen LogP contribution < -0.4 is 15.2 Å². The van der Waals surface area contributed by atoms with Crippen LogP contribution in [0.4, 0.5) is 8.78 Å². The molecular formula is C12H15F2NO4. The van der Waals surface area contributed by atoms with Gasteiger partial charge in [-0.25, -0.2) is 0 Å². The number of alkyl halides is 2. The van der Waals surface area contributed by atoms with Gasteiger partial charge in [-0.2, -0.15) is 8.78 Å². The molecule has 0 fully saturated rings. The highest BCUT2D eigenvalue weighted by molar-refractivity contribution is 5.75. The summed E-state index contributed by atoms with van der Waals surface area (Å²) in [4.78, 5) is 11.2. The lowest BCUT2D eigenvalue weighted by Crippen LogP contribution is -2.33. The Kier molecular flexibility index (Phi) is 5.50. The zero-order valence-electron chi connectivity index (χ0n) is 10.6. The smallest absolute Gasteiger partial charge is 0.387 e. The number of halogens is 2. The topological polar surface area (TPSA) is 70.8 Å². The van der Waals surface area contributed by atoms with Crippen LogP contribution in [0.1, 0.15) is 5.56 Å². The monoisotopic (exact) mass is 275 g/mol. The number of carbonyl (C=O) groups is 1. The van der Waals surface area contributed by atoms with Gasteiger partial charge in [0.25, 0.3) is 0 Å². The fourth-order valence-corrected chi connectivity index (χ4v) is 1.52. The summed E-state index contributed by atoms with van der Waals surface area (Å²) in [5.41, 5.74) is 6.25. The zero-order chi connectivity index (χ0) is 14.4. The number of nitrogens with two attached hydrogens (primary N) is 1. The van der Waals surface area contributed by atoms with Gasteiger partial charge in [0.2, 0.25) is 0 Å². The number of esters is 1. The molecule has 19 heavy (non-hydrogen) atoms. The molecular weight excluding hydrogens is 260 g/mol. The highest BCUT2D eigenvalue weighted by Gasteiger charge is 2.16. The van der Waals surface area contributed by atoms with Crippen molar-refractivity contribution in [1.29, 1.82) is 0 Å². The van der Waals surface area contributed by atoms with Crippen molar-refractivity contribution in [2.75, 3.05) is 14.2 Å². The van der Waals surface area contributed by atoms with Crippen LogP contribution in [-0.2, 0) is 16.0 Å². The third-order valence-electron chi connectivity index (χ3n) is 2.40. The van der Waals surface area contributed by atoms with Crippen molar-refractivity contribution in [1.82, 2.24) is 0 Å². The molecule has 1 aromatic rings. The minimum absolute atomic E-state index is 0.0760. The van der Waals surface area contributed by atoms with Gasteiger partial charge in [0.15, 0.2) is 11.5 Å². The largest absolute Gasteiger partial charge is 0.493 e. The summed E-state index contributed by atoms with van der Waals surface area (Å²) in [6.07, 6.45) is 0.206. The molecule has 1 atom stereocenters. The van der Waals surface area contributed by atoms with Gasteiger partial charge >= 0.3 is 12.6 Å². The van der Waals surface area contributed by atoms with E-state index in [1.165, 1.54) is 32.4 Å². The Labute approximate surface area is 109 Å². The molecule has 0 amide bonds. The second-order valence-electron chi connectivity index (χ2n) is 3.70. The Morgan fingerprint density at radius 1 is 1.32 bits per heavy atom. The van der Waals surface area contributed by atoms with Gasteiger partial charge in [-0.15, -0.1) is 0 Å². The Bertz CT molecular complexity index is 440. The molecule has 0 aliphatic rings. The first-order valence-corrected chi connectivity index (χ1v) is 5.43. The first kappa shape index (κ1) is 15.2. The van der Waals surface area contributed by atoms with Gasteiger partial charge in [-0.05, 0) is 24.1 Å². The molecule has 7 heteroatoms. The van der Waals surface area contributed by atoms with Crippen LogP contribution in [0.2, 0.25) is 0 Å². The number of methoxy groups -OCH3 is 2. The average Bonchev–Trinajstić information content (AvgIpc) is 2.38. The minimum atomic E-state index is -2.93. The van der Waals surface area contributed by atoms with E-state index in [0.29, 0.717) is 5.56 Å². The Balaban J connectivity index is 2.84. The van der Waals surface area contributed by atoms with Crippen molar-refractivity contribution in [3.63, 3.8) is 0 Å². The molecule has 0 aromatic heterocycles. The lowest BCUT2D eigenvalue weighted by Gasteiger charge is -2.13. The molecule has 1 rings (SSSR count). The molecule has 0 bridgehead atoms. The number of hydrogen-bond acceptors (Lipinski definition) is 5. The maximum absolute atomic E-state index is 12.1. The first-order valence-electron chi connectivity index (χ1n) is 5.43. The van der Waals surface area contributed by atoms with Gasteiger partial charge in [0, 0.05) is 0 Å². The highest BCUT2D eigenvalue weighted by atomic mass is 19.3. The molecule has 0 heterocycles. The molecule has 0 saturated carbocycles. The van der Waals surface area contributed by atoms with Crippen LogP contribution in [-0.4, -0.2) is 32.8 Å². The van der Waals surface area contributed by atoms with Crippen molar-refractivity contribution < 1.29 is 27.8 Å². The fourth-order valence-electron chi connectivity index (χ4n) is 1.52. The number of rotatable bonds is 6. The first-order chi connectivity index (χ1) is 8.97. The maximum atomic E-state index is 12.1. The third kappa shape index (κ3) is 4.36. The van der Waals surface area contributed by atoms with Crippen LogP contribution in [0.15, 0.2) is 18.2 Å². The summed E-state index contributed by atoms with van der Waals surface area (Å²) in [5.74, 6) is -0.477. The summed E-state index contributed by atoms with van der Waals surface area (Å²) in [7, 11) is 2.57. The predicted molar refractivity (Wildman–Crippen MR) is 63.3 cm³/mol. The molecule has 0 spiro atoms. The van der Waals surface area contributed by atoms with E-state index in [1.54, 1.807) is 0 Å². The molecule has 106 valence electrons.